The minimum absolute atomic E-state index is 0.0923. The normalized spacial score (nSPS) is 14.2. The van der Waals surface area contributed by atoms with E-state index in [-0.39, 0.29) is 5.56 Å². The zero-order valence-corrected chi connectivity index (χ0v) is 14.7. The number of aliphatic imine (C=N–C) groups is 1. The Kier molecular flexibility index (Phi) is 4.01. The zero-order valence-electron chi connectivity index (χ0n) is 14.7. The number of allylic oxidation sites excluding steroid dienone is 1. The minimum atomic E-state index is -0.0923. The van der Waals surface area contributed by atoms with Crippen LogP contribution in [0.4, 0.5) is 11.4 Å². The summed E-state index contributed by atoms with van der Waals surface area (Å²) in [6, 6.07) is 21.3. The molecule has 4 heteroatoms. The molecule has 1 aliphatic rings. The second-order valence-corrected chi connectivity index (χ2v) is 6.44. The molecule has 0 radical (unpaired) electrons. The van der Waals surface area contributed by atoms with E-state index in [4.69, 9.17) is 4.99 Å². The Morgan fingerprint density at radius 2 is 1.50 bits per heavy atom. The van der Waals surface area contributed by atoms with Crippen LogP contribution >= 0.6 is 0 Å². The minimum Gasteiger partial charge on any atom is -0.352 e. The van der Waals surface area contributed by atoms with Crippen molar-refractivity contribution in [2.75, 3.05) is 5.32 Å². The predicted molar refractivity (Wildman–Crippen MR) is 107 cm³/mol. The van der Waals surface area contributed by atoms with Gasteiger partial charge in [-0.15, -0.1) is 0 Å². The van der Waals surface area contributed by atoms with Crippen LogP contribution in [0.2, 0.25) is 0 Å². The van der Waals surface area contributed by atoms with Crippen molar-refractivity contribution in [3.8, 4) is 0 Å². The molecule has 0 aliphatic carbocycles. The summed E-state index contributed by atoms with van der Waals surface area (Å²) >= 11 is 0. The second-order valence-electron chi connectivity index (χ2n) is 6.44. The zero-order chi connectivity index (χ0) is 18.1. The van der Waals surface area contributed by atoms with Gasteiger partial charge in [0.2, 0.25) is 0 Å². The van der Waals surface area contributed by atoms with Crippen LogP contribution < -0.4 is 10.9 Å². The maximum Gasteiger partial charge on any atom is 0.256 e. The van der Waals surface area contributed by atoms with Crippen molar-refractivity contribution >= 4 is 23.3 Å². The van der Waals surface area contributed by atoms with Crippen LogP contribution in [0.1, 0.15) is 16.8 Å². The summed E-state index contributed by atoms with van der Waals surface area (Å²) in [5.74, 6) is 0.607. The summed E-state index contributed by atoms with van der Waals surface area (Å²) in [6.45, 7) is 4.09. The van der Waals surface area contributed by atoms with Crippen molar-refractivity contribution in [1.82, 2.24) is 4.57 Å². The van der Waals surface area contributed by atoms with Gasteiger partial charge in [0.25, 0.3) is 5.56 Å². The molecule has 1 aromatic heterocycles. The molecule has 0 bridgehead atoms. The van der Waals surface area contributed by atoms with E-state index in [0.29, 0.717) is 5.84 Å². The van der Waals surface area contributed by atoms with Crippen LogP contribution in [-0.4, -0.2) is 10.4 Å². The lowest BCUT2D eigenvalue weighted by Crippen LogP contribution is -2.27. The first-order valence-electron chi connectivity index (χ1n) is 8.54. The Balaban J connectivity index is 1.79. The molecule has 0 fully saturated rings. The van der Waals surface area contributed by atoms with E-state index in [0.717, 1.165) is 22.8 Å². The topological polar surface area (TPSA) is 46.4 Å². The van der Waals surface area contributed by atoms with Crippen LogP contribution in [0.15, 0.2) is 82.2 Å². The molecule has 0 saturated heterocycles. The van der Waals surface area contributed by atoms with Crippen molar-refractivity contribution in [2.24, 2.45) is 4.99 Å². The highest BCUT2D eigenvalue weighted by Crippen LogP contribution is 2.23. The van der Waals surface area contributed by atoms with Crippen molar-refractivity contribution in [2.45, 2.75) is 13.8 Å². The van der Waals surface area contributed by atoms with E-state index in [1.165, 1.54) is 11.1 Å². The number of anilines is 1. The van der Waals surface area contributed by atoms with Gasteiger partial charge < -0.3 is 5.32 Å². The molecule has 0 spiro atoms. The summed E-state index contributed by atoms with van der Waals surface area (Å²) in [5, 5.41) is 3.39. The lowest BCUT2D eigenvalue weighted by molar-refractivity contribution is 1.05. The molecule has 2 heterocycles. The Labute approximate surface area is 152 Å². The van der Waals surface area contributed by atoms with E-state index in [9.17, 15) is 4.79 Å². The van der Waals surface area contributed by atoms with Crippen molar-refractivity contribution in [3.63, 3.8) is 0 Å². The number of pyridine rings is 1. The first kappa shape index (κ1) is 16.1. The molecule has 2 aromatic carbocycles. The highest BCUT2D eigenvalue weighted by molar-refractivity contribution is 6.11. The summed E-state index contributed by atoms with van der Waals surface area (Å²) in [6.07, 6.45) is 1.95. The predicted octanol–water partition coefficient (Wildman–Crippen LogP) is 4.51. The van der Waals surface area contributed by atoms with E-state index in [2.05, 4.69) is 12.2 Å². The Morgan fingerprint density at radius 1 is 0.846 bits per heavy atom. The van der Waals surface area contributed by atoms with Gasteiger partial charge in [0.15, 0.2) is 5.84 Å². The van der Waals surface area contributed by atoms with Gasteiger partial charge in [-0.05, 0) is 50.3 Å². The van der Waals surface area contributed by atoms with Gasteiger partial charge in [-0.25, -0.2) is 4.99 Å². The van der Waals surface area contributed by atoms with Gasteiger partial charge in [-0.1, -0.05) is 41.5 Å². The van der Waals surface area contributed by atoms with Gasteiger partial charge >= 0.3 is 0 Å². The van der Waals surface area contributed by atoms with Gasteiger partial charge in [0.05, 0.1) is 17.1 Å². The van der Waals surface area contributed by atoms with Crippen LogP contribution in [0, 0.1) is 13.8 Å². The number of benzene rings is 2. The van der Waals surface area contributed by atoms with Crippen molar-refractivity contribution in [3.05, 3.63) is 99.6 Å². The highest BCUT2D eigenvalue weighted by atomic mass is 16.1. The number of nitrogens with zero attached hydrogens (tertiary/aromatic N) is 2. The number of rotatable bonds is 3. The molecular weight excluding hydrogens is 322 g/mol. The molecule has 4 rings (SSSR count). The molecule has 0 atom stereocenters. The van der Waals surface area contributed by atoms with Crippen LogP contribution in [0.25, 0.3) is 6.08 Å². The standard InChI is InChI=1S/C22H19N3O/c1-15-6-10-17(11-7-15)23-20-14-19-4-3-5-21(26)25(19)22(20)24-18-12-8-16(2)9-13-18/h3-14,23H,1-2H3. The number of aromatic nitrogens is 1. The molecule has 3 aromatic rings. The third-order valence-corrected chi connectivity index (χ3v) is 4.33. The molecule has 128 valence electrons. The van der Waals surface area contributed by atoms with Crippen molar-refractivity contribution in [1.29, 1.82) is 0 Å². The lowest BCUT2D eigenvalue weighted by Gasteiger charge is -2.11. The molecule has 26 heavy (non-hydrogen) atoms. The fourth-order valence-electron chi connectivity index (χ4n) is 2.91. The fraction of sp³-hybridized carbons (Fsp3) is 0.0909. The average Bonchev–Trinajstić information content (AvgIpc) is 2.97. The molecular formula is C22H19N3O. The molecule has 0 saturated carbocycles. The SMILES string of the molecule is Cc1ccc(N=C2C(Nc3ccc(C)cc3)=Cc3cccc(=O)n32)cc1. The summed E-state index contributed by atoms with van der Waals surface area (Å²) in [5.41, 5.74) is 5.67. The second kappa shape index (κ2) is 6.48. The van der Waals surface area contributed by atoms with Gasteiger partial charge in [-0.3, -0.25) is 9.36 Å². The number of nitrogens with one attached hydrogen (secondary N) is 1. The molecule has 1 N–H and O–H groups in total. The maximum absolute atomic E-state index is 12.4. The first-order valence-corrected chi connectivity index (χ1v) is 8.54. The Hall–Kier alpha value is -3.40. The monoisotopic (exact) mass is 341 g/mol. The molecule has 1 aliphatic heterocycles. The Morgan fingerprint density at radius 3 is 2.19 bits per heavy atom. The molecule has 4 nitrogen and oxygen atoms in total. The van der Waals surface area contributed by atoms with Gasteiger partial charge in [-0.2, -0.15) is 0 Å². The number of fused-ring (bicyclic) bond motifs is 1. The summed E-state index contributed by atoms with van der Waals surface area (Å²) in [7, 11) is 0. The van der Waals surface area contributed by atoms with E-state index in [1.807, 2.05) is 67.6 Å². The lowest BCUT2D eigenvalue weighted by atomic mass is 10.2. The van der Waals surface area contributed by atoms with E-state index < -0.39 is 0 Å². The van der Waals surface area contributed by atoms with Crippen LogP contribution in [-0.2, 0) is 0 Å². The fourth-order valence-corrected chi connectivity index (χ4v) is 2.91. The van der Waals surface area contributed by atoms with E-state index in [1.54, 1.807) is 16.7 Å². The van der Waals surface area contributed by atoms with Crippen LogP contribution in [0.5, 0.6) is 0 Å². The maximum atomic E-state index is 12.4. The van der Waals surface area contributed by atoms with Gasteiger partial charge in [0.1, 0.15) is 0 Å². The number of hydrogen-bond donors (Lipinski definition) is 1. The first-order chi connectivity index (χ1) is 12.6. The molecule has 0 amide bonds. The highest BCUT2D eigenvalue weighted by Gasteiger charge is 2.21. The number of hydrogen-bond acceptors (Lipinski definition) is 3. The van der Waals surface area contributed by atoms with Gasteiger partial charge in [0, 0.05) is 11.8 Å². The quantitative estimate of drug-likeness (QED) is 0.762. The summed E-state index contributed by atoms with van der Waals surface area (Å²) < 4.78 is 1.64. The molecule has 0 unspecified atom stereocenters. The third-order valence-electron chi connectivity index (χ3n) is 4.33. The Bertz CT molecular complexity index is 1070. The summed E-state index contributed by atoms with van der Waals surface area (Å²) in [4.78, 5) is 17.2. The average molecular weight is 341 g/mol. The van der Waals surface area contributed by atoms with E-state index >= 15 is 0 Å². The largest absolute Gasteiger partial charge is 0.352 e. The third kappa shape index (κ3) is 3.09. The smallest absolute Gasteiger partial charge is 0.256 e. The van der Waals surface area contributed by atoms with Crippen molar-refractivity contribution < 1.29 is 0 Å². The number of aryl methyl sites for hydroxylation is 2. The van der Waals surface area contributed by atoms with Crippen LogP contribution in [0.3, 0.4) is 0 Å².